The molecule has 2 saturated heterocycles. The van der Waals surface area contributed by atoms with Crippen LogP contribution in [0.3, 0.4) is 0 Å². The van der Waals surface area contributed by atoms with Crippen molar-refractivity contribution in [3.8, 4) is 28.7 Å². The van der Waals surface area contributed by atoms with Crippen LogP contribution in [0.15, 0.2) is 60.7 Å². The molecule has 10 nitrogen and oxygen atoms in total. The summed E-state index contributed by atoms with van der Waals surface area (Å²) >= 11 is 0. The van der Waals surface area contributed by atoms with E-state index < -0.39 is 12.0 Å². The van der Waals surface area contributed by atoms with Crippen molar-refractivity contribution in [1.29, 1.82) is 0 Å². The third kappa shape index (κ3) is 5.79. The zero-order valence-corrected chi connectivity index (χ0v) is 24.8. The highest BCUT2D eigenvalue weighted by molar-refractivity contribution is 5.97. The van der Waals surface area contributed by atoms with E-state index in [2.05, 4.69) is 11.0 Å². The monoisotopic (exact) mass is 587 g/mol. The van der Waals surface area contributed by atoms with Gasteiger partial charge in [-0.1, -0.05) is 12.1 Å². The number of nitrogens with zero attached hydrogens (tertiary/aromatic N) is 3. The minimum absolute atomic E-state index is 0.0254. The normalized spacial score (nSPS) is 20.2. The molecule has 10 heteroatoms. The van der Waals surface area contributed by atoms with E-state index in [0.29, 0.717) is 36.8 Å². The number of carbonyl (C=O) groups excluding carboxylic acids is 2. The largest absolute Gasteiger partial charge is 0.497 e. The van der Waals surface area contributed by atoms with Crippen LogP contribution in [0.5, 0.6) is 28.7 Å². The van der Waals surface area contributed by atoms with Crippen molar-refractivity contribution in [3.05, 3.63) is 71.8 Å². The summed E-state index contributed by atoms with van der Waals surface area (Å²) in [5.41, 5.74) is 2.69. The van der Waals surface area contributed by atoms with Crippen LogP contribution >= 0.6 is 0 Å². The van der Waals surface area contributed by atoms with Crippen molar-refractivity contribution in [2.75, 3.05) is 59.2 Å². The first kappa shape index (κ1) is 28.7. The molecule has 2 unspecified atom stereocenters. The summed E-state index contributed by atoms with van der Waals surface area (Å²) in [6.07, 6.45) is 0.761. The van der Waals surface area contributed by atoms with E-state index in [9.17, 15) is 9.59 Å². The van der Waals surface area contributed by atoms with Gasteiger partial charge in [0.1, 0.15) is 5.75 Å². The number of anilines is 1. The Morgan fingerprint density at radius 3 is 2.30 bits per heavy atom. The average Bonchev–Trinajstić information content (AvgIpc) is 3.52. The molecule has 0 N–H and O–H groups in total. The summed E-state index contributed by atoms with van der Waals surface area (Å²) in [7, 11) is 4.78. The second-order valence-electron chi connectivity index (χ2n) is 11.0. The van der Waals surface area contributed by atoms with Crippen molar-refractivity contribution in [2.24, 2.45) is 5.92 Å². The van der Waals surface area contributed by atoms with Crippen LogP contribution in [0, 0.1) is 5.92 Å². The molecule has 0 aliphatic carbocycles. The van der Waals surface area contributed by atoms with Crippen LogP contribution in [0.1, 0.15) is 30.0 Å². The third-order valence-electron chi connectivity index (χ3n) is 8.54. The van der Waals surface area contributed by atoms with E-state index in [1.165, 1.54) is 0 Å². The van der Waals surface area contributed by atoms with Gasteiger partial charge in [-0.15, -0.1) is 0 Å². The topological polar surface area (TPSA) is 90.0 Å². The molecule has 3 aliphatic rings. The summed E-state index contributed by atoms with van der Waals surface area (Å²) in [5, 5.41) is 0. The Morgan fingerprint density at radius 2 is 1.58 bits per heavy atom. The maximum atomic E-state index is 14.3. The first-order valence-corrected chi connectivity index (χ1v) is 14.6. The Labute approximate surface area is 251 Å². The molecule has 0 radical (unpaired) electrons. The molecule has 3 heterocycles. The summed E-state index contributed by atoms with van der Waals surface area (Å²) in [6.45, 7) is 3.79. The van der Waals surface area contributed by atoms with Gasteiger partial charge in [-0.05, 0) is 66.1 Å². The SMILES string of the molecule is COc1ccc(N2C(=O)CCC(C(=O)N3CCN(Cc4ccc5c(c4)OCO5)CC3)C2c2ccc(OC)c(OC)c2)cc1. The quantitative estimate of drug-likeness (QED) is 0.386. The number of piperazine rings is 1. The standard InChI is InChI=1S/C33H37N3O7/c1-39-25-8-6-24(7-9-25)36-31(37)13-10-26(32(36)23-5-12-27(40-2)29(19-23)41-3)33(38)35-16-14-34(15-17-35)20-22-4-11-28-30(18-22)43-21-42-28/h4-9,11-12,18-19,26,32H,10,13-17,20-21H2,1-3H3. The van der Waals surface area contributed by atoms with Gasteiger partial charge in [-0.3, -0.25) is 14.5 Å². The van der Waals surface area contributed by atoms with Gasteiger partial charge in [0, 0.05) is 44.8 Å². The molecule has 43 heavy (non-hydrogen) atoms. The number of rotatable bonds is 8. The number of hydrogen-bond donors (Lipinski definition) is 0. The zero-order chi connectivity index (χ0) is 29.9. The minimum Gasteiger partial charge on any atom is -0.497 e. The van der Waals surface area contributed by atoms with Crippen LogP contribution in [0.2, 0.25) is 0 Å². The third-order valence-corrected chi connectivity index (χ3v) is 8.54. The van der Waals surface area contributed by atoms with Gasteiger partial charge in [-0.2, -0.15) is 0 Å². The lowest BCUT2D eigenvalue weighted by Gasteiger charge is -2.44. The number of fused-ring (bicyclic) bond motifs is 1. The van der Waals surface area contributed by atoms with Crippen LogP contribution in [0.4, 0.5) is 5.69 Å². The second-order valence-corrected chi connectivity index (χ2v) is 11.0. The Hall–Kier alpha value is -4.44. The molecule has 3 aromatic carbocycles. The van der Waals surface area contributed by atoms with Gasteiger partial charge in [0.05, 0.1) is 33.3 Å². The molecule has 3 aromatic rings. The smallest absolute Gasteiger partial charge is 0.231 e. The molecule has 6 rings (SSSR count). The summed E-state index contributed by atoms with van der Waals surface area (Å²) in [4.78, 5) is 33.9. The number of ether oxygens (including phenoxy) is 5. The lowest BCUT2D eigenvalue weighted by molar-refractivity contribution is -0.140. The molecular formula is C33H37N3O7. The number of methoxy groups -OCH3 is 3. The van der Waals surface area contributed by atoms with Crippen molar-refractivity contribution < 1.29 is 33.3 Å². The summed E-state index contributed by atoms with van der Waals surface area (Å²) in [6, 6.07) is 18.6. The number of carbonyl (C=O) groups is 2. The predicted octanol–water partition coefficient (Wildman–Crippen LogP) is 4.27. The molecule has 0 saturated carbocycles. The zero-order valence-electron chi connectivity index (χ0n) is 24.8. The molecule has 3 aliphatic heterocycles. The molecular weight excluding hydrogens is 550 g/mol. The molecule has 0 aromatic heterocycles. The van der Waals surface area contributed by atoms with Crippen molar-refractivity contribution in [2.45, 2.75) is 25.4 Å². The van der Waals surface area contributed by atoms with Crippen molar-refractivity contribution in [3.63, 3.8) is 0 Å². The van der Waals surface area contributed by atoms with E-state index in [-0.39, 0.29) is 25.0 Å². The fourth-order valence-corrected chi connectivity index (χ4v) is 6.27. The highest BCUT2D eigenvalue weighted by atomic mass is 16.7. The minimum atomic E-state index is -0.506. The number of hydrogen-bond acceptors (Lipinski definition) is 8. The fraction of sp³-hybridized carbons (Fsp3) is 0.394. The molecule has 0 bridgehead atoms. The Kier molecular flexibility index (Phi) is 8.29. The van der Waals surface area contributed by atoms with E-state index in [1.807, 2.05) is 59.5 Å². The van der Waals surface area contributed by atoms with Crippen molar-refractivity contribution >= 4 is 17.5 Å². The number of piperidine rings is 1. The van der Waals surface area contributed by atoms with Crippen molar-refractivity contribution in [1.82, 2.24) is 9.80 Å². The Morgan fingerprint density at radius 1 is 0.837 bits per heavy atom. The van der Waals surface area contributed by atoms with Gasteiger partial charge in [0.15, 0.2) is 23.0 Å². The van der Waals surface area contributed by atoms with Gasteiger partial charge >= 0.3 is 0 Å². The second kappa shape index (κ2) is 12.4. The lowest BCUT2D eigenvalue weighted by atomic mass is 9.82. The highest BCUT2D eigenvalue weighted by Gasteiger charge is 2.43. The Balaban J connectivity index is 1.23. The molecule has 2 amide bonds. The van der Waals surface area contributed by atoms with Gasteiger partial charge in [-0.25, -0.2) is 0 Å². The first-order chi connectivity index (χ1) is 21.0. The average molecular weight is 588 g/mol. The summed E-state index contributed by atoms with van der Waals surface area (Å²) < 4.78 is 27.4. The maximum absolute atomic E-state index is 14.3. The van der Waals surface area contributed by atoms with Gasteiger partial charge in [0.25, 0.3) is 0 Å². The van der Waals surface area contributed by atoms with Crippen LogP contribution in [0.25, 0.3) is 0 Å². The van der Waals surface area contributed by atoms with E-state index in [4.69, 9.17) is 23.7 Å². The van der Waals surface area contributed by atoms with Crippen LogP contribution in [-0.2, 0) is 16.1 Å². The fourth-order valence-electron chi connectivity index (χ4n) is 6.27. The number of benzene rings is 3. The predicted molar refractivity (Wildman–Crippen MR) is 160 cm³/mol. The molecule has 226 valence electrons. The first-order valence-electron chi connectivity index (χ1n) is 14.6. The highest BCUT2D eigenvalue weighted by Crippen LogP contribution is 2.43. The lowest BCUT2D eigenvalue weighted by Crippen LogP contribution is -2.54. The maximum Gasteiger partial charge on any atom is 0.231 e. The molecule has 2 fully saturated rings. The number of amides is 2. The van der Waals surface area contributed by atoms with E-state index in [0.717, 1.165) is 47.9 Å². The van der Waals surface area contributed by atoms with Gasteiger partial charge in [0.2, 0.25) is 18.6 Å². The molecule has 0 spiro atoms. The molecule has 2 atom stereocenters. The van der Waals surface area contributed by atoms with E-state index >= 15 is 0 Å². The van der Waals surface area contributed by atoms with E-state index in [1.54, 1.807) is 26.2 Å². The van der Waals surface area contributed by atoms with Crippen LogP contribution < -0.4 is 28.6 Å². The van der Waals surface area contributed by atoms with Gasteiger partial charge < -0.3 is 33.5 Å². The Bertz CT molecular complexity index is 1470. The van der Waals surface area contributed by atoms with Crippen LogP contribution in [-0.4, -0.2) is 75.9 Å². The summed E-state index contributed by atoms with van der Waals surface area (Å²) in [5.74, 6) is 3.01.